The maximum absolute atomic E-state index is 12.4. The molecule has 0 aliphatic carbocycles. The van der Waals surface area contributed by atoms with Gasteiger partial charge in [-0.2, -0.15) is 0 Å². The van der Waals surface area contributed by atoms with Gasteiger partial charge >= 0.3 is 0 Å². The number of carbonyl (C=O) groups is 1. The van der Waals surface area contributed by atoms with Crippen molar-refractivity contribution in [1.29, 1.82) is 0 Å². The fraction of sp³-hybridized carbons (Fsp3) is 0.421. The van der Waals surface area contributed by atoms with Crippen LogP contribution >= 0.6 is 0 Å². The van der Waals surface area contributed by atoms with Crippen molar-refractivity contribution in [3.63, 3.8) is 0 Å². The second kappa shape index (κ2) is 8.66. The molecule has 1 amide bonds. The molecule has 1 saturated heterocycles. The summed E-state index contributed by atoms with van der Waals surface area (Å²) in [6.07, 6.45) is 4.59. The Balaban J connectivity index is 2.04. The Hall–Kier alpha value is -2.11. The maximum Gasteiger partial charge on any atom is 0.246 e. The van der Waals surface area contributed by atoms with Crippen LogP contribution in [0.2, 0.25) is 0 Å². The zero-order valence-electron chi connectivity index (χ0n) is 14.4. The van der Waals surface area contributed by atoms with Crippen LogP contribution in [0.4, 0.5) is 0 Å². The molecule has 1 heterocycles. The van der Waals surface area contributed by atoms with Gasteiger partial charge in [0.25, 0.3) is 0 Å². The predicted molar refractivity (Wildman–Crippen MR) is 95.9 cm³/mol. The fourth-order valence-electron chi connectivity index (χ4n) is 2.87. The van der Waals surface area contributed by atoms with Crippen molar-refractivity contribution in [1.82, 2.24) is 9.80 Å². The SMILES string of the molecule is C=CCN1CCN(C(=O)/C=C\c2cccc(C(C)O)c2OC)CC1. The number of aliphatic hydroxyl groups is 1. The van der Waals surface area contributed by atoms with Gasteiger partial charge in [-0.25, -0.2) is 0 Å². The smallest absolute Gasteiger partial charge is 0.246 e. The van der Waals surface area contributed by atoms with Crippen molar-refractivity contribution >= 4 is 12.0 Å². The topological polar surface area (TPSA) is 53.0 Å². The standard InChI is InChI=1S/C19H26N2O3/c1-4-10-20-11-13-21(14-12-20)18(23)9-8-16-6-5-7-17(15(2)22)19(16)24-3/h4-9,15,22H,1,10-14H2,2-3H3/b9-8-. The summed E-state index contributed by atoms with van der Waals surface area (Å²) in [5.74, 6) is 0.602. The maximum atomic E-state index is 12.4. The molecule has 2 rings (SSSR count). The van der Waals surface area contributed by atoms with E-state index in [1.165, 1.54) is 0 Å². The van der Waals surface area contributed by atoms with Crippen LogP contribution < -0.4 is 4.74 Å². The van der Waals surface area contributed by atoms with E-state index in [1.807, 2.05) is 29.2 Å². The Kier molecular flexibility index (Phi) is 6.58. The Morgan fingerprint density at radius 1 is 1.38 bits per heavy atom. The lowest BCUT2D eigenvalue weighted by Crippen LogP contribution is -2.48. The third kappa shape index (κ3) is 4.46. The number of benzene rings is 1. The van der Waals surface area contributed by atoms with Crippen molar-refractivity contribution in [2.75, 3.05) is 39.8 Å². The van der Waals surface area contributed by atoms with Gasteiger partial charge in [0.05, 0.1) is 13.2 Å². The van der Waals surface area contributed by atoms with E-state index in [-0.39, 0.29) is 5.91 Å². The van der Waals surface area contributed by atoms with Gasteiger partial charge in [0.15, 0.2) is 0 Å². The Labute approximate surface area is 143 Å². The third-order valence-electron chi connectivity index (χ3n) is 4.21. The van der Waals surface area contributed by atoms with Crippen molar-refractivity contribution in [3.05, 3.63) is 48.1 Å². The summed E-state index contributed by atoms with van der Waals surface area (Å²) < 4.78 is 5.40. The molecule has 1 unspecified atom stereocenters. The molecule has 5 nitrogen and oxygen atoms in total. The van der Waals surface area contributed by atoms with Crippen LogP contribution in [-0.4, -0.2) is 60.6 Å². The van der Waals surface area contributed by atoms with E-state index in [2.05, 4.69) is 11.5 Å². The van der Waals surface area contributed by atoms with E-state index in [0.717, 1.165) is 38.3 Å². The fourth-order valence-corrected chi connectivity index (χ4v) is 2.87. The van der Waals surface area contributed by atoms with E-state index in [4.69, 9.17) is 4.74 Å². The Morgan fingerprint density at radius 3 is 2.67 bits per heavy atom. The number of nitrogens with zero attached hydrogens (tertiary/aromatic N) is 2. The van der Waals surface area contributed by atoms with Crippen LogP contribution in [0.25, 0.3) is 6.08 Å². The molecule has 5 heteroatoms. The number of hydrogen-bond acceptors (Lipinski definition) is 4. The van der Waals surface area contributed by atoms with Crippen LogP contribution in [0.15, 0.2) is 36.9 Å². The van der Waals surface area contributed by atoms with Crippen LogP contribution in [0.5, 0.6) is 5.75 Å². The summed E-state index contributed by atoms with van der Waals surface area (Å²) >= 11 is 0. The molecule has 1 aromatic rings. The molecule has 1 fully saturated rings. The molecular weight excluding hydrogens is 304 g/mol. The van der Waals surface area contributed by atoms with Crippen molar-refractivity contribution < 1.29 is 14.6 Å². The highest BCUT2D eigenvalue weighted by molar-refractivity contribution is 5.92. The summed E-state index contributed by atoms with van der Waals surface area (Å²) in [5, 5.41) is 9.82. The highest BCUT2D eigenvalue weighted by Crippen LogP contribution is 2.29. The molecule has 1 atom stereocenters. The quantitative estimate of drug-likeness (QED) is 0.641. The molecule has 0 saturated carbocycles. The summed E-state index contributed by atoms with van der Waals surface area (Å²) in [6.45, 7) is 9.48. The molecule has 0 aromatic heterocycles. The van der Waals surface area contributed by atoms with Crippen LogP contribution in [-0.2, 0) is 4.79 Å². The van der Waals surface area contributed by atoms with E-state index in [9.17, 15) is 9.90 Å². The van der Waals surface area contributed by atoms with Gasteiger partial charge in [0, 0.05) is 49.9 Å². The average molecular weight is 330 g/mol. The average Bonchev–Trinajstić information content (AvgIpc) is 2.60. The number of methoxy groups -OCH3 is 1. The minimum atomic E-state index is -0.623. The summed E-state index contributed by atoms with van der Waals surface area (Å²) in [6, 6.07) is 5.54. The second-order valence-electron chi connectivity index (χ2n) is 5.89. The van der Waals surface area contributed by atoms with E-state index < -0.39 is 6.10 Å². The molecular formula is C19H26N2O3. The number of piperazine rings is 1. The molecule has 0 radical (unpaired) electrons. The van der Waals surface area contributed by atoms with Crippen LogP contribution in [0.1, 0.15) is 24.2 Å². The van der Waals surface area contributed by atoms with Gasteiger partial charge in [-0.05, 0) is 13.0 Å². The Bertz CT molecular complexity index is 603. The summed E-state index contributed by atoms with van der Waals surface area (Å²) in [5.41, 5.74) is 1.50. The number of para-hydroxylation sites is 1. The lowest BCUT2D eigenvalue weighted by molar-refractivity contribution is -0.127. The zero-order chi connectivity index (χ0) is 17.5. The highest BCUT2D eigenvalue weighted by atomic mass is 16.5. The van der Waals surface area contributed by atoms with Crippen molar-refractivity contribution in [2.45, 2.75) is 13.0 Å². The van der Waals surface area contributed by atoms with Gasteiger partial charge in [0.1, 0.15) is 5.75 Å². The number of aliphatic hydroxyl groups excluding tert-OH is 1. The van der Waals surface area contributed by atoms with E-state index >= 15 is 0 Å². The lowest BCUT2D eigenvalue weighted by Gasteiger charge is -2.33. The minimum absolute atomic E-state index is 0.00208. The normalized spacial score (nSPS) is 17.0. The molecule has 1 aliphatic rings. The third-order valence-corrected chi connectivity index (χ3v) is 4.21. The number of ether oxygens (including phenoxy) is 1. The lowest BCUT2D eigenvalue weighted by atomic mass is 10.0. The van der Waals surface area contributed by atoms with Crippen molar-refractivity contribution in [3.8, 4) is 5.75 Å². The minimum Gasteiger partial charge on any atom is -0.496 e. The number of carbonyl (C=O) groups excluding carboxylic acids is 1. The zero-order valence-corrected chi connectivity index (χ0v) is 14.4. The first-order valence-corrected chi connectivity index (χ1v) is 8.22. The molecule has 1 aromatic carbocycles. The monoisotopic (exact) mass is 330 g/mol. The summed E-state index contributed by atoms with van der Waals surface area (Å²) in [4.78, 5) is 16.5. The first-order chi connectivity index (χ1) is 11.6. The number of hydrogen-bond donors (Lipinski definition) is 1. The molecule has 1 aliphatic heterocycles. The highest BCUT2D eigenvalue weighted by Gasteiger charge is 2.19. The predicted octanol–water partition coefficient (Wildman–Crippen LogP) is 2.09. The largest absolute Gasteiger partial charge is 0.496 e. The molecule has 0 bridgehead atoms. The molecule has 130 valence electrons. The van der Waals surface area contributed by atoms with Crippen molar-refractivity contribution in [2.24, 2.45) is 0 Å². The van der Waals surface area contributed by atoms with Gasteiger partial charge in [-0.15, -0.1) is 6.58 Å². The first-order valence-electron chi connectivity index (χ1n) is 8.22. The number of rotatable bonds is 6. The van der Waals surface area contributed by atoms with Gasteiger partial charge in [-0.3, -0.25) is 9.69 Å². The van der Waals surface area contributed by atoms with Crippen LogP contribution in [0.3, 0.4) is 0 Å². The number of amides is 1. The molecule has 1 N–H and O–H groups in total. The second-order valence-corrected chi connectivity index (χ2v) is 5.89. The van der Waals surface area contributed by atoms with Gasteiger partial charge in [0.2, 0.25) is 5.91 Å². The first kappa shape index (κ1) is 18.2. The summed E-state index contributed by atoms with van der Waals surface area (Å²) in [7, 11) is 1.57. The van der Waals surface area contributed by atoms with Gasteiger partial charge in [-0.1, -0.05) is 24.3 Å². The molecule has 24 heavy (non-hydrogen) atoms. The van der Waals surface area contributed by atoms with E-state index in [0.29, 0.717) is 11.3 Å². The molecule has 0 spiro atoms. The van der Waals surface area contributed by atoms with Gasteiger partial charge < -0.3 is 14.7 Å². The van der Waals surface area contributed by atoms with Crippen LogP contribution in [0, 0.1) is 0 Å². The Morgan fingerprint density at radius 2 is 2.08 bits per heavy atom. The van der Waals surface area contributed by atoms with E-state index in [1.54, 1.807) is 26.2 Å².